The Labute approximate surface area is 93.8 Å². The molecule has 1 aromatic rings. The van der Waals surface area contributed by atoms with Gasteiger partial charge in [-0.25, -0.2) is 0 Å². The fourth-order valence-electron chi connectivity index (χ4n) is 1.44. The van der Waals surface area contributed by atoms with E-state index in [0.29, 0.717) is 0 Å². The molecule has 1 rings (SSSR count). The van der Waals surface area contributed by atoms with Gasteiger partial charge in [0.1, 0.15) is 0 Å². The zero-order chi connectivity index (χ0) is 11.3. The van der Waals surface area contributed by atoms with Crippen LogP contribution in [0.4, 0.5) is 0 Å². The lowest BCUT2D eigenvalue weighted by molar-refractivity contribution is -0.106. The van der Waals surface area contributed by atoms with Gasteiger partial charge < -0.3 is 9.47 Å². The van der Waals surface area contributed by atoms with E-state index >= 15 is 0 Å². The molecule has 0 radical (unpaired) electrons. The summed E-state index contributed by atoms with van der Waals surface area (Å²) in [6.07, 6.45) is -0.249. The Hall–Kier alpha value is -0.430. The molecule has 0 spiro atoms. The van der Waals surface area contributed by atoms with Crippen molar-refractivity contribution in [1.82, 2.24) is 0 Å². The molecule has 0 heterocycles. The Morgan fingerprint density at radius 3 is 1.93 bits per heavy atom. The SMILES string of the molecule is COC(OC)c1ccc(PC(C)C)cc1. The van der Waals surface area contributed by atoms with E-state index in [1.807, 2.05) is 0 Å². The second kappa shape index (κ2) is 6.22. The summed E-state index contributed by atoms with van der Waals surface area (Å²) in [5, 5.41) is 1.39. The van der Waals surface area contributed by atoms with Crippen molar-refractivity contribution in [3.8, 4) is 0 Å². The molecule has 0 aromatic heterocycles. The van der Waals surface area contributed by atoms with E-state index in [2.05, 4.69) is 38.1 Å². The molecule has 0 N–H and O–H groups in total. The van der Waals surface area contributed by atoms with Crippen molar-refractivity contribution in [3.63, 3.8) is 0 Å². The number of rotatable bonds is 5. The van der Waals surface area contributed by atoms with E-state index in [1.165, 1.54) is 5.30 Å². The zero-order valence-corrected chi connectivity index (χ0v) is 10.8. The molecule has 0 aliphatic carbocycles. The van der Waals surface area contributed by atoms with Crippen molar-refractivity contribution in [2.45, 2.75) is 25.8 Å². The van der Waals surface area contributed by atoms with Crippen LogP contribution in [0.1, 0.15) is 25.7 Å². The van der Waals surface area contributed by atoms with Gasteiger partial charge in [0.25, 0.3) is 0 Å². The quantitative estimate of drug-likeness (QED) is 0.567. The average Bonchev–Trinajstić information content (AvgIpc) is 2.21. The maximum absolute atomic E-state index is 5.19. The standard InChI is InChI=1S/C12H19O2P/c1-9(2)15-11-7-5-10(6-8-11)12(13-3)14-4/h5-9,12,15H,1-4H3. The fraction of sp³-hybridized carbons (Fsp3) is 0.500. The Kier molecular flexibility index (Phi) is 5.24. The van der Waals surface area contributed by atoms with Crippen LogP contribution in [-0.2, 0) is 9.47 Å². The molecule has 0 saturated carbocycles. The van der Waals surface area contributed by atoms with Crippen molar-refractivity contribution in [2.24, 2.45) is 0 Å². The molecule has 0 bridgehead atoms. The largest absolute Gasteiger partial charge is 0.352 e. The zero-order valence-electron chi connectivity index (χ0n) is 9.78. The Morgan fingerprint density at radius 2 is 1.53 bits per heavy atom. The Morgan fingerprint density at radius 1 is 1.00 bits per heavy atom. The molecule has 15 heavy (non-hydrogen) atoms. The second-order valence-corrected chi connectivity index (χ2v) is 5.75. The van der Waals surface area contributed by atoms with Crippen LogP contribution in [0.2, 0.25) is 0 Å². The maximum Gasteiger partial charge on any atom is 0.183 e. The van der Waals surface area contributed by atoms with Gasteiger partial charge in [-0.1, -0.05) is 46.7 Å². The first-order chi connectivity index (χ1) is 7.17. The van der Waals surface area contributed by atoms with Gasteiger partial charge in [0.15, 0.2) is 6.29 Å². The van der Waals surface area contributed by atoms with Gasteiger partial charge >= 0.3 is 0 Å². The van der Waals surface area contributed by atoms with Gasteiger partial charge in [-0.15, -0.1) is 0 Å². The van der Waals surface area contributed by atoms with Crippen LogP contribution in [0.25, 0.3) is 0 Å². The minimum atomic E-state index is -0.249. The van der Waals surface area contributed by atoms with Crippen molar-refractivity contribution in [1.29, 1.82) is 0 Å². The number of methoxy groups -OCH3 is 2. The summed E-state index contributed by atoms with van der Waals surface area (Å²) in [6.45, 7) is 4.47. The topological polar surface area (TPSA) is 18.5 Å². The number of ether oxygens (including phenoxy) is 2. The first-order valence-electron chi connectivity index (χ1n) is 5.09. The second-order valence-electron chi connectivity index (χ2n) is 3.72. The van der Waals surface area contributed by atoms with Crippen LogP contribution in [-0.4, -0.2) is 19.9 Å². The molecule has 0 amide bonds. The third-order valence-corrected chi connectivity index (χ3v) is 3.31. The van der Waals surface area contributed by atoms with Crippen LogP contribution in [0.15, 0.2) is 24.3 Å². The highest BCUT2D eigenvalue weighted by molar-refractivity contribution is 7.47. The third-order valence-electron chi connectivity index (χ3n) is 2.07. The summed E-state index contributed by atoms with van der Waals surface area (Å²) < 4.78 is 10.4. The minimum absolute atomic E-state index is 0.249. The van der Waals surface area contributed by atoms with Gasteiger partial charge in [0.05, 0.1) is 0 Å². The van der Waals surface area contributed by atoms with Crippen LogP contribution in [0.3, 0.4) is 0 Å². The highest BCUT2D eigenvalue weighted by atomic mass is 31.1. The Bertz CT molecular complexity index is 278. The molecule has 84 valence electrons. The molecule has 1 atom stereocenters. The van der Waals surface area contributed by atoms with Crippen molar-refractivity contribution >= 4 is 13.9 Å². The summed E-state index contributed by atoms with van der Waals surface area (Å²) >= 11 is 0. The number of benzene rings is 1. The predicted molar refractivity (Wildman–Crippen MR) is 66.3 cm³/mol. The molecular formula is C12H19O2P. The molecule has 3 heteroatoms. The number of hydrogen-bond acceptors (Lipinski definition) is 2. The number of hydrogen-bond donors (Lipinski definition) is 0. The third kappa shape index (κ3) is 3.90. The highest BCUT2D eigenvalue weighted by Crippen LogP contribution is 2.20. The van der Waals surface area contributed by atoms with Crippen molar-refractivity contribution in [2.75, 3.05) is 14.2 Å². The first-order valence-corrected chi connectivity index (χ1v) is 6.17. The minimum Gasteiger partial charge on any atom is -0.352 e. The van der Waals surface area contributed by atoms with Gasteiger partial charge in [0, 0.05) is 19.8 Å². The van der Waals surface area contributed by atoms with Crippen LogP contribution < -0.4 is 5.30 Å². The van der Waals surface area contributed by atoms with Gasteiger partial charge in [0.2, 0.25) is 0 Å². The maximum atomic E-state index is 5.19. The van der Waals surface area contributed by atoms with Crippen molar-refractivity contribution < 1.29 is 9.47 Å². The van der Waals surface area contributed by atoms with E-state index < -0.39 is 0 Å². The molecular weight excluding hydrogens is 207 g/mol. The normalized spacial score (nSPS) is 12.1. The summed E-state index contributed by atoms with van der Waals surface area (Å²) in [5.74, 6) is 0. The highest BCUT2D eigenvalue weighted by Gasteiger charge is 2.08. The summed E-state index contributed by atoms with van der Waals surface area (Å²) in [5.41, 5.74) is 1.79. The average molecular weight is 226 g/mol. The van der Waals surface area contributed by atoms with E-state index in [1.54, 1.807) is 14.2 Å². The van der Waals surface area contributed by atoms with E-state index in [-0.39, 0.29) is 6.29 Å². The molecule has 0 fully saturated rings. The molecule has 2 nitrogen and oxygen atoms in total. The van der Waals surface area contributed by atoms with Crippen LogP contribution in [0.5, 0.6) is 0 Å². The fourth-order valence-corrected chi connectivity index (χ4v) is 2.46. The van der Waals surface area contributed by atoms with Gasteiger partial charge in [-0.05, 0) is 11.0 Å². The molecule has 1 unspecified atom stereocenters. The van der Waals surface area contributed by atoms with Crippen LogP contribution >= 0.6 is 8.58 Å². The van der Waals surface area contributed by atoms with E-state index in [9.17, 15) is 0 Å². The monoisotopic (exact) mass is 226 g/mol. The van der Waals surface area contributed by atoms with Crippen molar-refractivity contribution in [3.05, 3.63) is 29.8 Å². The van der Waals surface area contributed by atoms with Crippen LogP contribution in [0, 0.1) is 0 Å². The molecule has 0 aliphatic heterocycles. The first kappa shape index (κ1) is 12.6. The predicted octanol–water partition coefficient (Wildman–Crippen LogP) is 2.69. The summed E-state index contributed by atoms with van der Waals surface area (Å²) in [7, 11) is 4.17. The molecule has 1 aromatic carbocycles. The Balaban J connectivity index is 2.71. The van der Waals surface area contributed by atoms with Gasteiger partial charge in [-0.3, -0.25) is 0 Å². The van der Waals surface area contributed by atoms with E-state index in [4.69, 9.17) is 9.47 Å². The smallest absolute Gasteiger partial charge is 0.183 e. The van der Waals surface area contributed by atoms with E-state index in [0.717, 1.165) is 19.8 Å². The molecule has 0 saturated heterocycles. The lowest BCUT2D eigenvalue weighted by atomic mass is 10.2. The molecule has 0 aliphatic rings. The van der Waals surface area contributed by atoms with Gasteiger partial charge in [-0.2, -0.15) is 0 Å². The summed E-state index contributed by atoms with van der Waals surface area (Å²) in [6, 6.07) is 8.45. The lowest BCUT2D eigenvalue weighted by Crippen LogP contribution is -2.06. The summed E-state index contributed by atoms with van der Waals surface area (Å²) in [4.78, 5) is 0. The lowest BCUT2D eigenvalue weighted by Gasteiger charge is -2.14.